The molecule has 0 aliphatic heterocycles. The Morgan fingerprint density at radius 2 is 0.773 bits per heavy atom. The molecule has 0 amide bonds. The number of esters is 4. The van der Waals surface area contributed by atoms with E-state index in [0.717, 1.165) is 12.2 Å². The molecule has 0 aromatic heterocycles. The van der Waals surface area contributed by atoms with E-state index in [0.29, 0.717) is 11.1 Å². The van der Waals surface area contributed by atoms with Gasteiger partial charge < -0.3 is 18.9 Å². The molecule has 0 N–H and O–H groups in total. The van der Waals surface area contributed by atoms with Crippen molar-refractivity contribution in [1.29, 1.82) is 0 Å². The Kier molecular flexibility index (Phi) is 8.53. The van der Waals surface area contributed by atoms with Crippen LogP contribution in [0.3, 0.4) is 0 Å². The molecule has 44 heavy (non-hydrogen) atoms. The molecule has 4 aromatic carbocycles. The molecule has 8 nitrogen and oxygen atoms in total. The summed E-state index contributed by atoms with van der Waals surface area (Å²) in [6.07, 6.45) is 2.25. The first-order valence-electron chi connectivity index (χ1n) is 13.7. The van der Waals surface area contributed by atoms with Crippen molar-refractivity contribution in [3.05, 3.63) is 167 Å². The average Bonchev–Trinajstić information content (AvgIpc) is 3.09. The highest BCUT2D eigenvalue weighted by molar-refractivity contribution is 5.96. The SMILES string of the molecule is COC(=O)/C=C1\C(=C/C(=O)OC)[C@](OC(=O)c2ccccc2)(c2ccccc2)[C@@]1(OC(=O)c1ccccc1)c1ccccc1. The van der Waals surface area contributed by atoms with E-state index in [1.165, 1.54) is 14.2 Å². The van der Waals surface area contributed by atoms with Crippen LogP contribution >= 0.6 is 0 Å². The van der Waals surface area contributed by atoms with Crippen LogP contribution < -0.4 is 0 Å². The Morgan fingerprint density at radius 1 is 0.477 bits per heavy atom. The van der Waals surface area contributed by atoms with E-state index >= 15 is 0 Å². The molecule has 0 saturated heterocycles. The number of methoxy groups -OCH3 is 2. The number of carbonyl (C=O) groups excluding carboxylic acids is 4. The van der Waals surface area contributed by atoms with Gasteiger partial charge in [0.15, 0.2) is 0 Å². The zero-order chi connectivity index (χ0) is 31.2. The van der Waals surface area contributed by atoms with Gasteiger partial charge in [-0.15, -0.1) is 0 Å². The standard InChI is InChI=1S/C36H28O8/c1-41-31(37)23-29-30(24-32(38)42-2)36(28-21-13-6-14-22-28,44-34(40)26-17-9-4-10-18-26)35(29,27-19-11-5-12-20-27)43-33(39)25-15-7-3-8-16-25/h3-24H,1-2H3/b29-23+,30-24+/t35-,36-/m1/s1. The van der Waals surface area contributed by atoms with Gasteiger partial charge in [0.2, 0.25) is 11.2 Å². The van der Waals surface area contributed by atoms with Crippen molar-refractivity contribution in [2.45, 2.75) is 11.2 Å². The molecule has 4 aromatic rings. The normalized spacial score (nSPS) is 20.7. The maximum Gasteiger partial charge on any atom is 0.339 e. The number of benzene rings is 4. The van der Waals surface area contributed by atoms with Gasteiger partial charge in [-0.1, -0.05) is 97.1 Å². The lowest BCUT2D eigenvalue weighted by Gasteiger charge is -2.59. The van der Waals surface area contributed by atoms with Crippen LogP contribution in [0.1, 0.15) is 31.8 Å². The van der Waals surface area contributed by atoms with Crippen LogP contribution in [0, 0.1) is 0 Å². The first-order chi connectivity index (χ1) is 21.4. The second kappa shape index (κ2) is 12.6. The van der Waals surface area contributed by atoms with Gasteiger partial charge in [-0.2, -0.15) is 0 Å². The molecule has 2 atom stereocenters. The molecular weight excluding hydrogens is 560 g/mol. The minimum atomic E-state index is -1.99. The fraction of sp³-hybridized carbons (Fsp3) is 0.111. The minimum absolute atomic E-state index is 0.0648. The first kappa shape index (κ1) is 29.7. The van der Waals surface area contributed by atoms with Crippen molar-refractivity contribution < 1.29 is 38.1 Å². The van der Waals surface area contributed by atoms with Crippen LogP contribution in [-0.4, -0.2) is 38.1 Å². The highest BCUT2D eigenvalue weighted by Gasteiger charge is 2.74. The Morgan fingerprint density at radius 3 is 1.07 bits per heavy atom. The van der Waals surface area contributed by atoms with Gasteiger partial charge in [-0.05, 0) is 24.3 Å². The summed E-state index contributed by atoms with van der Waals surface area (Å²) >= 11 is 0. The number of carbonyl (C=O) groups is 4. The molecule has 1 saturated carbocycles. The summed E-state index contributed by atoms with van der Waals surface area (Å²) in [5.74, 6) is -3.11. The summed E-state index contributed by atoms with van der Waals surface area (Å²) in [5.41, 5.74) is -2.69. The van der Waals surface area contributed by atoms with Gasteiger partial charge in [0.05, 0.1) is 25.3 Å². The van der Waals surface area contributed by atoms with Crippen molar-refractivity contribution in [3.8, 4) is 0 Å². The fourth-order valence-corrected chi connectivity index (χ4v) is 5.39. The number of ether oxygens (including phenoxy) is 4. The Bertz CT molecular complexity index is 1600. The maximum atomic E-state index is 14.0. The van der Waals surface area contributed by atoms with Crippen molar-refractivity contribution in [2.24, 2.45) is 0 Å². The Labute approximate surface area is 254 Å². The van der Waals surface area contributed by atoms with E-state index in [1.807, 2.05) is 0 Å². The minimum Gasteiger partial charge on any atom is -0.466 e. The van der Waals surface area contributed by atoms with Crippen LogP contribution in [0.15, 0.2) is 145 Å². The molecule has 1 fully saturated rings. The topological polar surface area (TPSA) is 105 Å². The van der Waals surface area contributed by atoms with E-state index in [2.05, 4.69) is 0 Å². The highest BCUT2D eigenvalue weighted by Crippen LogP contribution is 2.67. The Balaban J connectivity index is 1.90. The van der Waals surface area contributed by atoms with Gasteiger partial charge in [-0.3, -0.25) is 0 Å². The first-order valence-corrected chi connectivity index (χ1v) is 13.7. The van der Waals surface area contributed by atoms with Crippen LogP contribution in [-0.2, 0) is 39.7 Å². The number of rotatable bonds is 8. The average molecular weight is 589 g/mol. The third-order valence-electron chi connectivity index (χ3n) is 7.34. The van der Waals surface area contributed by atoms with Crippen LogP contribution in [0.5, 0.6) is 0 Å². The summed E-state index contributed by atoms with van der Waals surface area (Å²) in [4.78, 5) is 53.7. The van der Waals surface area contributed by atoms with Crippen LogP contribution in [0.4, 0.5) is 0 Å². The summed E-state index contributed by atoms with van der Waals surface area (Å²) in [6, 6.07) is 33.7. The summed E-state index contributed by atoms with van der Waals surface area (Å²) in [5, 5.41) is 0. The van der Waals surface area contributed by atoms with Gasteiger partial charge in [-0.25, -0.2) is 19.2 Å². The lowest BCUT2D eigenvalue weighted by molar-refractivity contribution is -0.163. The molecule has 0 bridgehead atoms. The molecule has 220 valence electrons. The predicted molar refractivity (Wildman–Crippen MR) is 160 cm³/mol. The molecule has 0 radical (unpaired) electrons. The summed E-state index contributed by atoms with van der Waals surface area (Å²) < 4.78 is 22.9. The zero-order valence-electron chi connectivity index (χ0n) is 24.0. The molecule has 0 spiro atoms. The van der Waals surface area contributed by atoms with E-state index in [1.54, 1.807) is 121 Å². The number of hydrogen-bond acceptors (Lipinski definition) is 8. The van der Waals surface area contributed by atoms with E-state index in [4.69, 9.17) is 18.9 Å². The molecule has 0 unspecified atom stereocenters. The third-order valence-corrected chi connectivity index (χ3v) is 7.34. The van der Waals surface area contributed by atoms with Gasteiger partial charge >= 0.3 is 23.9 Å². The van der Waals surface area contributed by atoms with Crippen molar-refractivity contribution in [2.75, 3.05) is 14.2 Å². The van der Waals surface area contributed by atoms with E-state index in [-0.39, 0.29) is 22.3 Å². The van der Waals surface area contributed by atoms with Crippen LogP contribution in [0.25, 0.3) is 0 Å². The van der Waals surface area contributed by atoms with E-state index < -0.39 is 35.1 Å². The van der Waals surface area contributed by atoms with Crippen molar-refractivity contribution in [1.82, 2.24) is 0 Å². The molecular formula is C36H28O8. The number of hydrogen-bond donors (Lipinski definition) is 0. The predicted octanol–water partition coefficient (Wildman–Crippen LogP) is 5.70. The second-order valence-electron chi connectivity index (χ2n) is 9.77. The van der Waals surface area contributed by atoms with Crippen molar-refractivity contribution >= 4 is 23.9 Å². The van der Waals surface area contributed by atoms with Gasteiger partial charge in [0.25, 0.3) is 0 Å². The van der Waals surface area contributed by atoms with Gasteiger partial charge in [0.1, 0.15) is 0 Å². The fourth-order valence-electron chi connectivity index (χ4n) is 5.39. The smallest absolute Gasteiger partial charge is 0.339 e. The quantitative estimate of drug-likeness (QED) is 0.147. The molecule has 1 aliphatic rings. The van der Waals surface area contributed by atoms with E-state index in [9.17, 15) is 19.2 Å². The lowest BCUT2D eigenvalue weighted by atomic mass is 9.52. The zero-order valence-corrected chi connectivity index (χ0v) is 24.0. The summed E-state index contributed by atoms with van der Waals surface area (Å²) in [7, 11) is 2.39. The second-order valence-corrected chi connectivity index (χ2v) is 9.77. The largest absolute Gasteiger partial charge is 0.466 e. The molecule has 8 heteroatoms. The maximum absolute atomic E-state index is 14.0. The molecule has 0 heterocycles. The van der Waals surface area contributed by atoms with Crippen LogP contribution in [0.2, 0.25) is 0 Å². The monoisotopic (exact) mass is 588 g/mol. The highest BCUT2D eigenvalue weighted by atomic mass is 16.6. The van der Waals surface area contributed by atoms with Crippen molar-refractivity contribution in [3.63, 3.8) is 0 Å². The molecule has 1 aliphatic carbocycles. The van der Waals surface area contributed by atoms with Gasteiger partial charge in [0, 0.05) is 34.4 Å². The lowest BCUT2D eigenvalue weighted by Crippen LogP contribution is -2.66. The third kappa shape index (κ3) is 5.18. The summed E-state index contributed by atoms with van der Waals surface area (Å²) in [6.45, 7) is 0. The molecule has 5 rings (SSSR count). The Hall–Kier alpha value is -5.76.